The average Bonchev–Trinajstić information content (AvgIpc) is 2.87. The van der Waals surface area contributed by atoms with Gasteiger partial charge in [0.1, 0.15) is 0 Å². The first-order chi connectivity index (χ1) is 10.5. The van der Waals surface area contributed by atoms with Gasteiger partial charge in [0.2, 0.25) is 0 Å². The molecule has 6 nitrogen and oxygen atoms in total. The number of aliphatic carboxylic acids is 1. The summed E-state index contributed by atoms with van der Waals surface area (Å²) in [6.45, 7) is 2.18. The molecule has 6 heteroatoms. The SMILES string of the molecule is CC(CNC(=O)c1cn(C)nc1C1CCCCC1)CC(=O)O. The molecular formula is C16H25N3O3. The molecule has 0 aromatic carbocycles. The molecule has 0 spiro atoms. The van der Waals surface area contributed by atoms with Gasteiger partial charge in [0.05, 0.1) is 11.3 Å². The zero-order chi connectivity index (χ0) is 16.1. The molecule has 1 heterocycles. The lowest BCUT2D eigenvalue weighted by molar-refractivity contribution is -0.137. The predicted molar refractivity (Wildman–Crippen MR) is 82.8 cm³/mol. The number of carboxylic acids is 1. The van der Waals surface area contributed by atoms with Crippen LogP contribution < -0.4 is 5.32 Å². The maximum Gasteiger partial charge on any atom is 0.303 e. The number of hydrogen-bond acceptors (Lipinski definition) is 3. The molecule has 22 heavy (non-hydrogen) atoms. The van der Waals surface area contributed by atoms with Gasteiger partial charge in [-0.2, -0.15) is 5.10 Å². The Morgan fingerprint density at radius 2 is 2.09 bits per heavy atom. The fourth-order valence-corrected chi connectivity index (χ4v) is 3.09. The fraction of sp³-hybridized carbons (Fsp3) is 0.688. The zero-order valence-electron chi connectivity index (χ0n) is 13.3. The quantitative estimate of drug-likeness (QED) is 0.844. The molecule has 1 fully saturated rings. The Labute approximate surface area is 130 Å². The van der Waals surface area contributed by atoms with E-state index in [4.69, 9.17) is 5.11 Å². The van der Waals surface area contributed by atoms with E-state index in [0.717, 1.165) is 18.5 Å². The normalized spacial score (nSPS) is 17.2. The largest absolute Gasteiger partial charge is 0.481 e. The van der Waals surface area contributed by atoms with Crippen LogP contribution in [-0.4, -0.2) is 33.3 Å². The molecule has 1 aromatic heterocycles. The van der Waals surface area contributed by atoms with Crippen molar-refractivity contribution in [2.75, 3.05) is 6.54 Å². The van der Waals surface area contributed by atoms with E-state index in [0.29, 0.717) is 18.0 Å². The van der Waals surface area contributed by atoms with Crippen LogP contribution in [0.2, 0.25) is 0 Å². The summed E-state index contributed by atoms with van der Waals surface area (Å²) < 4.78 is 1.69. The van der Waals surface area contributed by atoms with E-state index in [1.54, 1.807) is 10.9 Å². The molecule has 122 valence electrons. The van der Waals surface area contributed by atoms with E-state index in [1.165, 1.54) is 19.3 Å². The van der Waals surface area contributed by atoms with Crippen LogP contribution in [0.4, 0.5) is 0 Å². The summed E-state index contributed by atoms with van der Waals surface area (Å²) in [6.07, 6.45) is 7.65. The maximum atomic E-state index is 12.4. The van der Waals surface area contributed by atoms with Crippen molar-refractivity contribution in [3.05, 3.63) is 17.5 Å². The highest BCUT2D eigenvalue weighted by molar-refractivity contribution is 5.95. The second kappa shape index (κ2) is 7.42. The number of aryl methyl sites for hydroxylation is 1. The Kier molecular flexibility index (Phi) is 5.57. The second-order valence-electron chi connectivity index (χ2n) is 6.35. The molecular weight excluding hydrogens is 282 g/mol. The Bertz CT molecular complexity index is 533. The minimum atomic E-state index is -0.842. The lowest BCUT2D eigenvalue weighted by atomic mass is 9.85. The van der Waals surface area contributed by atoms with Crippen LogP contribution in [-0.2, 0) is 11.8 Å². The number of nitrogens with zero attached hydrogens (tertiary/aromatic N) is 2. The molecule has 1 saturated carbocycles. The van der Waals surface area contributed by atoms with E-state index < -0.39 is 5.97 Å². The van der Waals surface area contributed by atoms with Gasteiger partial charge in [-0.15, -0.1) is 0 Å². The zero-order valence-corrected chi connectivity index (χ0v) is 13.3. The molecule has 1 aliphatic carbocycles. The summed E-state index contributed by atoms with van der Waals surface area (Å²) in [5.74, 6) is -0.708. The lowest BCUT2D eigenvalue weighted by Gasteiger charge is -2.20. The number of carboxylic acid groups (broad SMARTS) is 1. The van der Waals surface area contributed by atoms with Crippen molar-refractivity contribution in [3.63, 3.8) is 0 Å². The predicted octanol–water partition coefficient (Wildman–Crippen LogP) is 2.31. The van der Waals surface area contributed by atoms with Crippen molar-refractivity contribution < 1.29 is 14.7 Å². The summed E-state index contributed by atoms with van der Waals surface area (Å²) in [5, 5.41) is 16.1. The Morgan fingerprint density at radius 3 is 2.73 bits per heavy atom. The van der Waals surface area contributed by atoms with Gasteiger partial charge in [0.15, 0.2) is 0 Å². The van der Waals surface area contributed by atoms with E-state index in [-0.39, 0.29) is 18.2 Å². The van der Waals surface area contributed by atoms with Crippen LogP contribution >= 0.6 is 0 Å². The second-order valence-corrected chi connectivity index (χ2v) is 6.35. The fourth-order valence-electron chi connectivity index (χ4n) is 3.09. The van der Waals surface area contributed by atoms with Crippen LogP contribution in [0.1, 0.15) is 67.4 Å². The monoisotopic (exact) mass is 307 g/mol. The standard InChI is InChI=1S/C16H25N3O3/c1-11(8-14(20)21)9-17-16(22)13-10-19(2)18-15(13)12-6-4-3-5-7-12/h10-12H,3-9H2,1-2H3,(H,17,22)(H,20,21). The smallest absolute Gasteiger partial charge is 0.303 e. The Morgan fingerprint density at radius 1 is 1.41 bits per heavy atom. The Balaban J connectivity index is 2.01. The summed E-state index contributed by atoms with van der Waals surface area (Å²) >= 11 is 0. The van der Waals surface area contributed by atoms with E-state index >= 15 is 0 Å². The van der Waals surface area contributed by atoms with Gasteiger partial charge in [0.25, 0.3) is 5.91 Å². The van der Waals surface area contributed by atoms with Crippen LogP contribution in [0.5, 0.6) is 0 Å². The number of nitrogens with one attached hydrogen (secondary N) is 1. The third-order valence-corrected chi connectivity index (χ3v) is 4.23. The molecule has 2 rings (SSSR count). The third-order valence-electron chi connectivity index (χ3n) is 4.23. The van der Waals surface area contributed by atoms with Crippen LogP contribution in [0.3, 0.4) is 0 Å². The van der Waals surface area contributed by atoms with Crippen molar-refractivity contribution in [3.8, 4) is 0 Å². The van der Waals surface area contributed by atoms with Gasteiger partial charge in [-0.05, 0) is 18.8 Å². The average molecular weight is 307 g/mol. The molecule has 0 aliphatic heterocycles. The van der Waals surface area contributed by atoms with Crippen LogP contribution in [0.15, 0.2) is 6.20 Å². The topological polar surface area (TPSA) is 84.2 Å². The number of rotatable bonds is 6. The van der Waals surface area contributed by atoms with Crippen LogP contribution in [0, 0.1) is 5.92 Å². The first kappa shape index (κ1) is 16.5. The molecule has 1 amide bonds. The number of hydrogen-bond donors (Lipinski definition) is 2. The summed E-state index contributed by atoms with van der Waals surface area (Å²) in [7, 11) is 1.83. The Hall–Kier alpha value is -1.85. The van der Waals surface area contributed by atoms with Crippen molar-refractivity contribution >= 4 is 11.9 Å². The minimum absolute atomic E-state index is 0.0583. The van der Waals surface area contributed by atoms with Crippen molar-refractivity contribution in [1.82, 2.24) is 15.1 Å². The van der Waals surface area contributed by atoms with E-state index in [9.17, 15) is 9.59 Å². The third kappa shape index (κ3) is 4.32. The lowest BCUT2D eigenvalue weighted by Crippen LogP contribution is -2.30. The maximum absolute atomic E-state index is 12.4. The summed E-state index contributed by atoms with van der Waals surface area (Å²) in [6, 6.07) is 0. The molecule has 1 aliphatic rings. The molecule has 0 saturated heterocycles. The van der Waals surface area contributed by atoms with E-state index in [1.807, 2.05) is 14.0 Å². The summed E-state index contributed by atoms with van der Waals surface area (Å²) in [4.78, 5) is 23.1. The van der Waals surface area contributed by atoms with E-state index in [2.05, 4.69) is 10.4 Å². The molecule has 1 atom stereocenters. The number of aromatic nitrogens is 2. The molecule has 0 radical (unpaired) electrons. The highest BCUT2D eigenvalue weighted by Crippen LogP contribution is 2.33. The number of carbonyl (C=O) groups is 2. The summed E-state index contributed by atoms with van der Waals surface area (Å²) in [5.41, 5.74) is 1.53. The first-order valence-electron chi connectivity index (χ1n) is 8.01. The van der Waals surface area contributed by atoms with Crippen molar-refractivity contribution in [2.45, 2.75) is 51.4 Å². The van der Waals surface area contributed by atoms with Crippen molar-refractivity contribution in [1.29, 1.82) is 0 Å². The highest BCUT2D eigenvalue weighted by atomic mass is 16.4. The van der Waals surface area contributed by atoms with Gasteiger partial charge < -0.3 is 10.4 Å². The highest BCUT2D eigenvalue weighted by Gasteiger charge is 2.25. The van der Waals surface area contributed by atoms with Gasteiger partial charge >= 0.3 is 5.97 Å². The number of amides is 1. The first-order valence-corrected chi connectivity index (χ1v) is 8.01. The van der Waals surface area contributed by atoms with Gasteiger partial charge in [-0.1, -0.05) is 26.2 Å². The number of carbonyl (C=O) groups excluding carboxylic acids is 1. The minimum Gasteiger partial charge on any atom is -0.481 e. The molecule has 1 aromatic rings. The van der Waals surface area contributed by atoms with Gasteiger partial charge in [-0.3, -0.25) is 14.3 Å². The molecule has 0 bridgehead atoms. The van der Waals surface area contributed by atoms with Gasteiger partial charge in [-0.25, -0.2) is 0 Å². The molecule has 1 unspecified atom stereocenters. The van der Waals surface area contributed by atoms with Gasteiger partial charge in [0, 0.05) is 32.1 Å². The molecule has 2 N–H and O–H groups in total. The van der Waals surface area contributed by atoms with Crippen molar-refractivity contribution in [2.24, 2.45) is 13.0 Å². The van der Waals surface area contributed by atoms with Crippen LogP contribution in [0.25, 0.3) is 0 Å².